The third-order valence-electron chi connectivity index (χ3n) is 6.39. The summed E-state index contributed by atoms with van der Waals surface area (Å²) in [5, 5.41) is 3.34. The van der Waals surface area contributed by atoms with E-state index in [9.17, 15) is 19.2 Å². The second-order valence-corrected chi connectivity index (χ2v) is 9.15. The molecular formula is C29H27ClN2O5. The molecule has 0 aromatic heterocycles. The fourth-order valence-electron chi connectivity index (χ4n) is 4.27. The lowest BCUT2D eigenvalue weighted by Gasteiger charge is -2.18. The minimum absolute atomic E-state index is 0.0159. The van der Waals surface area contributed by atoms with E-state index in [1.165, 1.54) is 25.1 Å². The molecule has 3 aromatic rings. The van der Waals surface area contributed by atoms with Crippen LogP contribution in [0.4, 0.5) is 5.69 Å². The average molecular weight is 519 g/mol. The van der Waals surface area contributed by atoms with Gasteiger partial charge in [-0.2, -0.15) is 0 Å². The molecule has 0 aliphatic carbocycles. The van der Waals surface area contributed by atoms with E-state index >= 15 is 0 Å². The highest BCUT2D eigenvalue weighted by Gasteiger charge is 2.36. The van der Waals surface area contributed by atoms with E-state index in [2.05, 4.69) is 5.32 Å². The number of ether oxygens (including phenoxy) is 1. The first-order chi connectivity index (χ1) is 17.7. The fraction of sp³-hybridized carbons (Fsp3) is 0.241. The summed E-state index contributed by atoms with van der Waals surface area (Å²) >= 11 is 6.19. The summed E-state index contributed by atoms with van der Waals surface area (Å²) in [6.45, 7) is 5.51. The smallest absolute Gasteiger partial charge is 0.338 e. The Morgan fingerprint density at radius 2 is 1.51 bits per heavy atom. The van der Waals surface area contributed by atoms with Crippen molar-refractivity contribution >= 4 is 41.0 Å². The molecule has 0 radical (unpaired) electrons. The van der Waals surface area contributed by atoms with Crippen LogP contribution >= 0.6 is 11.6 Å². The monoisotopic (exact) mass is 518 g/mol. The van der Waals surface area contributed by atoms with Crippen molar-refractivity contribution in [1.29, 1.82) is 0 Å². The van der Waals surface area contributed by atoms with Crippen molar-refractivity contribution in [1.82, 2.24) is 4.90 Å². The molecule has 1 N–H and O–H groups in total. The maximum absolute atomic E-state index is 13.0. The van der Waals surface area contributed by atoms with Crippen LogP contribution in [-0.2, 0) is 28.9 Å². The van der Waals surface area contributed by atoms with E-state index in [0.29, 0.717) is 10.6 Å². The molecule has 1 atom stereocenters. The van der Waals surface area contributed by atoms with Crippen molar-refractivity contribution < 1.29 is 23.9 Å². The number of rotatable bonds is 8. The van der Waals surface area contributed by atoms with E-state index < -0.39 is 29.8 Å². The highest BCUT2D eigenvalue weighted by molar-refractivity contribution is 6.31. The van der Waals surface area contributed by atoms with Gasteiger partial charge in [-0.05, 0) is 60.7 Å². The minimum atomic E-state index is -1.08. The third-order valence-corrected chi connectivity index (χ3v) is 6.76. The Morgan fingerprint density at radius 3 is 2.16 bits per heavy atom. The standard InChI is InChI=1S/C29H27ClN2O5/c1-4-18-10-8-11-19(5-2)25(18)31-26(33)17(3)37-29(36)20-13-14-22-23(15-20)28(35)32(27(22)34)16-21-9-6-7-12-24(21)30/h6-15,17H,4-5,16H2,1-3H3,(H,31,33). The molecular weight excluding hydrogens is 492 g/mol. The zero-order valence-electron chi connectivity index (χ0n) is 20.8. The molecule has 0 fully saturated rings. The Morgan fingerprint density at radius 1 is 0.892 bits per heavy atom. The molecule has 1 aliphatic heterocycles. The van der Waals surface area contributed by atoms with E-state index in [1.807, 2.05) is 32.0 Å². The number of carbonyl (C=O) groups is 4. The molecule has 0 spiro atoms. The molecule has 3 amide bonds. The lowest BCUT2D eigenvalue weighted by atomic mass is 10.0. The van der Waals surface area contributed by atoms with Gasteiger partial charge in [0, 0.05) is 10.7 Å². The number of hydrogen-bond donors (Lipinski definition) is 1. The third kappa shape index (κ3) is 5.27. The molecule has 7 nitrogen and oxygen atoms in total. The molecule has 4 rings (SSSR count). The molecule has 1 heterocycles. The van der Waals surface area contributed by atoms with E-state index in [0.717, 1.165) is 34.6 Å². The highest BCUT2D eigenvalue weighted by Crippen LogP contribution is 2.28. The molecule has 3 aromatic carbocycles. The van der Waals surface area contributed by atoms with Crippen molar-refractivity contribution in [3.05, 3.63) is 99.1 Å². The van der Waals surface area contributed by atoms with Crippen LogP contribution in [0.5, 0.6) is 0 Å². The van der Waals surface area contributed by atoms with Crippen LogP contribution in [0.25, 0.3) is 0 Å². The molecule has 1 unspecified atom stereocenters. The summed E-state index contributed by atoms with van der Waals surface area (Å²) in [7, 11) is 0. The number of nitrogens with zero attached hydrogens (tertiary/aromatic N) is 1. The summed E-state index contributed by atoms with van der Waals surface area (Å²) in [5.74, 6) is -2.21. The topological polar surface area (TPSA) is 92.8 Å². The van der Waals surface area contributed by atoms with Crippen LogP contribution in [0, 0.1) is 0 Å². The number of aryl methyl sites for hydroxylation is 2. The van der Waals surface area contributed by atoms with E-state index in [-0.39, 0.29) is 23.2 Å². The quantitative estimate of drug-likeness (QED) is 0.316. The van der Waals surface area contributed by atoms with E-state index in [4.69, 9.17) is 16.3 Å². The van der Waals surface area contributed by atoms with Crippen LogP contribution in [0.1, 0.15) is 68.5 Å². The molecule has 8 heteroatoms. The first kappa shape index (κ1) is 26.1. The Hall–Kier alpha value is -3.97. The Balaban J connectivity index is 1.47. The lowest BCUT2D eigenvalue weighted by molar-refractivity contribution is -0.123. The molecule has 37 heavy (non-hydrogen) atoms. The number of halogens is 1. The van der Waals surface area contributed by atoms with Gasteiger partial charge in [-0.15, -0.1) is 0 Å². The number of imide groups is 1. The van der Waals surface area contributed by atoms with Crippen molar-refractivity contribution in [2.45, 2.75) is 46.3 Å². The van der Waals surface area contributed by atoms with Gasteiger partial charge in [0.15, 0.2) is 6.10 Å². The van der Waals surface area contributed by atoms with Gasteiger partial charge >= 0.3 is 5.97 Å². The van der Waals surface area contributed by atoms with Gasteiger partial charge in [-0.25, -0.2) is 4.79 Å². The molecule has 1 aliphatic rings. The molecule has 0 saturated heterocycles. The zero-order valence-corrected chi connectivity index (χ0v) is 21.6. The predicted octanol–water partition coefficient (Wildman–Crippen LogP) is 5.45. The van der Waals surface area contributed by atoms with Gasteiger partial charge in [-0.3, -0.25) is 19.3 Å². The fourth-order valence-corrected chi connectivity index (χ4v) is 4.46. The van der Waals surface area contributed by atoms with Gasteiger partial charge in [0.05, 0.1) is 23.2 Å². The summed E-state index contributed by atoms with van der Waals surface area (Å²) in [5.41, 5.74) is 3.73. The zero-order chi connectivity index (χ0) is 26.7. The normalized spacial score (nSPS) is 13.4. The Bertz CT molecular complexity index is 1380. The Labute approximate surface area is 220 Å². The highest BCUT2D eigenvalue weighted by atomic mass is 35.5. The van der Waals surface area contributed by atoms with Crippen LogP contribution in [-0.4, -0.2) is 34.7 Å². The number of hydrogen-bond acceptors (Lipinski definition) is 5. The Kier molecular flexibility index (Phi) is 7.74. The SMILES string of the molecule is CCc1cccc(CC)c1NC(=O)C(C)OC(=O)c1ccc2c(c1)C(=O)N(Cc1ccccc1Cl)C2=O. The number of benzene rings is 3. The molecule has 0 bridgehead atoms. The average Bonchev–Trinajstić information content (AvgIpc) is 3.14. The summed E-state index contributed by atoms with van der Waals surface area (Å²) in [6, 6.07) is 17.0. The van der Waals surface area contributed by atoms with Crippen LogP contribution in [0.15, 0.2) is 60.7 Å². The van der Waals surface area contributed by atoms with Crippen LogP contribution in [0.2, 0.25) is 5.02 Å². The number of carbonyl (C=O) groups excluding carboxylic acids is 4. The number of amides is 3. The number of para-hydroxylation sites is 1. The maximum Gasteiger partial charge on any atom is 0.338 e. The minimum Gasteiger partial charge on any atom is -0.449 e. The molecule has 190 valence electrons. The number of anilines is 1. The second-order valence-electron chi connectivity index (χ2n) is 8.74. The van der Waals surface area contributed by atoms with Gasteiger partial charge in [0.1, 0.15) is 0 Å². The van der Waals surface area contributed by atoms with Gasteiger partial charge in [0.25, 0.3) is 17.7 Å². The van der Waals surface area contributed by atoms with Crippen LogP contribution in [0.3, 0.4) is 0 Å². The maximum atomic E-state index is 13.0. The second kappa shape index (κ2) is 11.0. The van der Waals surface area contributed by atoms with Crippen molar-refractivity contribution in [2.24, 2.45) is 0 Å². The van der Waals surface area contributed by atoms with Gasteiger partial charge < -0.3 is 10.1 Å². The largest absolute Gasteiger partial charge is 0.449 e. The van der Waals surface area contributed by atoms with Crippen LogP contribution < -0.4 is 5.32 Å². The van der Waals surface area contributed by atoms with E-state index in [1.54, 1.807) is 24.3 Å². The van der Waals surface area contributed by atoms with Gasteiger partial charge in [0.2, 0.25) is 0 Å². The number of nitrogens with one attached hydrogen (secondary N) is 1. The molecule has 0 saturated carbocycles. The number of fused-ring (bicyclic) bond motifs is 1. The van der Waals surface area contributed by atoms with Gasteiger partial charge in [-0.1, -0.05) is 61.8 Å². The summed E-state index contributed by atoms with van der Waals surface area (Å²) in [4.78, 5) is 52.6. The first-order valence-corrected chi connectivity index (χ1v) is 12.5. The number of esters is 1. The lowest BCUT2D eigenvalue weighted by Crippen LogP contribution is -2.30. The summed E-state index contributed by atoms with van der Waals surface area (Å²) in [6.07, 6.45) is 0.407. The van der Waals surface area contributed by atoms with Crippen molar-refractivity contribution in [3.8, 4) is 0 Å². The van der Waals surface area contributed by atoms with Crippen molar-refractivity contribution in [2.75, 3.05) is 5.32 Å². The first-order valence-electron chi connectivity index (χ1n) is 12.1. The summed E-state index contributed by atoms with van der Waals surface area (Å²) < 4.78 is 5.40. The predicted molar refractivity (Wildman–Crippen MR) is 141 cm³/mol. The van der Waals surface area contributed by atoms with Crippen molar-refractivity contribution in [3.63, 3.8) is 0 Å².